The maximum Gasteiger partial charge on any atom is 0.236 e. The molecule has 78 valence electrons. The van der Waals surface area contributed by atoms with Gasteiger partial charge in [0.1, 0.15) is 5.75 Å². The van der Waals surface area contributed by atoms with Crippen LogP contribution in [0.4, 0.5) is 0 Å². The molecule has 0 saturated heterocycles. The summed E-state index contributed by atoms with van der Waals surface area (Å²) in [7, 11) is 1.40. The van der Waals surface area contributed by atoms with Crippen LogP contribution in [-0.4, -0.2) is 13.5 Å². The van der Waals surface area contributed by atoms with E-state index in [1.165, 1.54) is 6.07 Å². The second-order valence-electron chi connectivity index (χ2n) is 2.87. The standard InChI is InChI=1S/C8H8Cl2O3S/c1-5-2-3-7(9)8(11)6(5)4-14(10,12)13/h2-3,11H,4H2,1H3. The topological polar surface area (TPSA) is 54.4 Å². The van der Waals surface area contributed by atoms with Crippen LogP contribution in [0.15, 0.2) is 12.1 Å². The summed E-state index contributed by atoms with van der Waals surface area (Å²) in [6.45, 7) is 1.67. The molecule has 0 spiro atoms. The van der Waals surface area contributed by atoms with Gasteiger partial charge in [0.05, 0.1) is 10.8 Å². The fourth-order valence-electron chi connectivity index (χ4n) is 1.06. The largest absolute Gasteiger partial charge is 0.506 e. The van der Waals surface area contributed by atoms with Crippen LogP contribution in [0.5, 0.6) is 5.75 Å². The highest BCUT2D eigenvalue weighted by Gasteiger charge is 2.15. The molecule has 0 aromatic heterocycles. The van der Waals surface area contributed by atoms with E-state index in [9.17, 15) is 13.5 Å². The minimum absolute atomic E-state index is 0.117. The van der Waals surface area contributed by atoms with Crippen molar-refractivity contribution in [3.63, 3.8) is 0 Å². The van der Waals surface area contributed by atoms with Crippen molar-refractivity contribution in [1.82, 2.24) is 0 Å². The monoisotopic (exact) mass is 254 g/mol. The molecular formula is C8H8Cl2O3S. The second kappa shape index (κ2) is 3.96. The maximum atomic E-state index is 10.8. The maximum absolute atomic E-state index is 10.8. The summed E-state index contributed by atoms with van der Waals surface area (Å²) in [5.41, 5.74) is 0.878. The number of hydrogen-bond donors (Lipinski definition) is 1. The average Bonchev–Trinajstić information content (AvgIpc) is 2.04. The number of rotatable bonds is 2. The Morgan fingerprint density at radius 1 is 1.43 bits per heavy atom. The van der Waals surface area contributed by atoms with Crippen LogP contribution < -0.4 is 0 Å². The molecule has 1 N–H and O–H groups in total. The molecule has 0 heterocycles. The van der Waals surface area contributed by atoms with Gasteiger partial charge < -0.3 is 5.11 Å². The van der Waals surface area contributed by atoms with Crippen molar-refractivity contribution in [3.8, 4) is 5.75 Å². The van der Waals surface area contributed by atoms with E-state index in [0.717, 1.165) is 0 Å². The summed E-state index contributed by atoms with van der Waals surface area (Å²) in [5.74, 6) is -0.650. The molecular weight excluding hydrogens is 247 g/mol. The molecule has 1 aromatic carbocycles. The van der Waals surface area contributed by atoms with Gasteiger partial charge in [-0.05, 0) is 18.6 Å². The molecule has 14 heavy (non-hydrogen) atoms. The van der Waals surface area contributed by atoms with Crippen molar-refractivity contribution >= 4 is 31.3 Å². The highest BCUT2D eigenvalue weighted by Crippen LogP contribution is 2.31. The Labute approximate surface area is 91.7 Å². The predicted octanol–water partition coefficient (Wildman–Crippen LogP) is 2.42. The lowest BCUT2D eigenvalue weighted by atomic mass is 10.1. The van der Waals surface area contributed by atoms with E-state index in [2.05, 4.69) is 0 Å². The zero-order valence-electron chi connectivity index (χ0n) is 7.29. The summed E-state index contributed by atoms with van der Waals surface area (Å²) in [6.07, 6.45) is 0. The number of halogens is 2. The molecule has 0 unspecified atom stereocenters. The van der Waals surface area contributed by atoms with Gasteiger partial charge in [0.25, 0.3) is 0 Å². The van der Waals surface area contributed by atoms with Crippen LogP contribution in [0.1, 0.15) is 11.1 Å². The minimum Gasteiger partial charge on any atom is -0.506 e. The smallest absolute Gasteiger partial charge is 0.236 e. The Morgan fingerprint density at radius 3 is 2.50 bits per heavy atom. The lowest BCUT2D eigenvalue weighted by Crippen LogP contribution is -1.98. The molecule has 0 aliphatic heterocycles. The van der Waals surface area contributed by atoms with Gasteiger partial charge in [0.2, 0.25) is 9.05 Å². The molecule has 3 nitrogen and oxygen atoms in total. The van der Waals surface area contributed by atoms with Crippen LogP contribution in [0.2, 0.25) is 5.02 Å². The van der Waals surface area contributed by atoms with Gasteiger partial charge in [-0.2, -0.15) is 0 Å². The Kier molecular flexibility index (Phi) is 3.29. The molecule has 6 heteroatoms. The predicted molar refractivity (Wildman–Crippen MR) is 56.3 cm³/mol. The first-order valence-corrected chi connectivity index (χ1v) is 6.56. The van der Waals surface area contributed by atoms with Gasteiger partial charge in [-0.15, -0.1) is 0 Å². The fraction of sp³-hybridized carbons (Fsp3) is 0.250. The highest BCUT2D eigenvalue weighted by molar-refractivity contribution is 8.13. The molecule has 1 aromatic rings. The molecule has 1 rings (SSSR count). The summed E-state index contributed by atoms with van der Waals surface area (Å²) < 4.78 is 21.7. The van der Waals surface area contributed by atoms with E-state index in [1.54, 1.807) is 13.0 Å². The van der Waals surface area contributed by atoms with Crippen LogP contribution in [0.3, 0.4) is 0 Å². The number of phenols is 1. The van der Waals surface area contributed by atoms with Gasteiger partial charge in [-0.25, -0.2) is 8.42 Å². The van der Waals surface area contributed by atoms with Crippen molar-refractivity contribution < 1.29 is 13.5 Å². The number of aromatic hydroxyl groups is 1. The average molecular weight is 255 g/mol. The van der Waals surface area contributed by atoms with E-state index < -0.39 is 14.8 Å². The third-order valence-corrected chi connectivity index (χ3v) is 3.05. The zero-order valence-corrected chi connectivity index (χ0v) is 9.62. The second-order valence-corrected chi connectivity index (χ2v) is 6.06. The van der Waals surface area contributed by atoms with Crippen LogP contribution in [-0.2, 0) is 14.8 Å². The Bertz CT molecular complexity index is 454. The number of phenolic OH excluding ortho intramolecular Hbond substituents is 1. The Balaban J connectivity index is 3.27. The molecule has 0 aliphatic rings. The molecule has 0 atom stereocenters. The van der Waals surface area contributed by atoms with E-state index >= 15 is 0 Å². The Hall–Kier alpha value is -0.450. The minimum atomic E-state index is -3.69. The third-order valence-electron chi connectivity index (χ3n) is 1.78. The van der Waals surface area contributed by atoms with Crippen molar-refractivity contribution in [2.24, 2.45) is 0 Å². The number of hydrogen-bond acceptors (Lipinski definition) is 3. The molecule has 0 radical (unpaired) electrons. The third kappa shape index (κ3) is 2.77. The van der Waals surface area contributed by atoms with Crippen molar-refractivity contribution in [1.29, 1.82) is 0 Å². The summed E-state index contributed by atoms with van der Waals surface area (Å²) in [6, 6.07) is 3.12. The first-order chi connectivity index (χ1) is 6.31. The van der Waals surface area contributed by atoms with Gasteiger partial charge >= 0.3 is 0 Å². The van der Waals surface area contributed by atoms with Gasteiger partial charge in [0, 0.05) is 16.2 Å². The summed E-state index contributed by atoms with van der Waals surface area (Å²) in [4.78, 5) is 0. The molecule has 0 fully saturated rings. The van der Waals surface area contributed by atoms with Crippen LogP contribution in [0, 0.1) is 6.92 Å². The summed E-state index contributed by atoms with van der Waals surface area (Å²) >= 11 is 5.63. The summed E-state index contributed by atoms with van der Waals surface area (Å²) in [5, 5.41) is 9.60. The fourth-order valence-corrected chi connectivity index (χ4v) is 2.28. The number of aryl methyl sites for hydroxylation is 1. The molecule has 0 saturated carbocycles. The quantitative estimate of drug-likeness (QED) is 0.825. The van der Waals surface area contributed by atoms with Crippen molar-refractivity contribution in [2.75, 3.05) is 0 Å². The lowest BCUT2D eigenvalue weighted by molar-refractivity contribution is 0.469. The number of benzene rings is 1. The zero-order chi connectivity index (χ0) is 10.9. The van der Waals surface area contributed by atoms with E-state index in [1.807, 2.05) is 0 Å². The van der Waals surface area contributed by atoms with E-state index in [4.69, 9.17) is 22.3 Å². The molecule has 0 bridgehead atoms. The Morgan fingerprint density at radius 2 is 2.00 bits per heavy atom. The van der Waals surface area contributed by atoms with Gasteiger partial charge in [-0.3, -0.25) is 0 Å². The van der Waals surface area contributed by atoms with Crippen molar-refractivity contribution in [3.05, 3.63) is 28.3 Å². The first-order valence-electron chi connectivity index (χ1n) is 3.70. The SMILES string of the molecule is Cc1ccc(Cl)c(O)c1CS(=O)(=O)Cl. The van der Waals surface area contributed by atoms with E-state index in [-0.39, 0.29) is 16.3 Å². The van der Waals surface area contributed by atoms with Gasteiger partial charge in [0.15, 0.2) is 0 Å². The van der Waals surface area contributed by atoms with Crippen LogP contribution >= 0.6 is 22.3 Å². The first kappa shape index (κ1) is 11.6. The van der Waals surface area contributed by atoms with E-state index in [0.29, 0.717) is 5.56 Å². The van der Waals surface area contributed by atoms with Crippen molar-refractivity contribution in [2.45, 2.75) is 12.7 Å². The normalized spacial score (nSPS) is 11.6. The lowest BCUT2D eigenvalue weighted by Gasteiger charge is -2.07. The molecule has 0 aliphatic carbocycles. The van der Waals surface area contributed by atoms with Gasteiger partial charge in [-0.1, -0.05) is 17.7 Å². The van der Waals surface area contributed by atoms with Crippen LogP contribution in [0.25, 0.3) is 0 Å². The highest BCUT2D eigenvalue weighted by atomic mass is 35.7. The molecule has 0 amide bonds.